The topological polar surface area (TPSA) is 43.4 Å². The van der Waals surface area contributed by atoms with Gasteiger partial charge in [-0.1, -0.05) is 0 Å². The minimum atomic E-state index is 0.148. The molecule has 0 aliphatic carbocycles. The minimum Gasteiger partial charge on any atom is -0.497 e. The summed E-state index contributed by atoms with van der Waals surface area (Å²) in [5.41, 5.74) is 3.62. The van der Waals surface area contributed by atoms with Crippen LogP contribution in [0.1, 0.15) is 29.7 Å². The molecule has 0 bridgehead atoms. The van der Waals surface area contributed by atoms with Crippen molar-refractivity contribution in [3.63, 3.8) is 0 Å². The van der Waals surface area contributed by atoms with Crippen LogP contribution in [0.3, 0.4) is 0 Å². The first-order valence-corrected chi connectivity index (χ1v) is 7.33. The number of nitrogens with one attached hydrogen (secondary N) is 1. The first-order valence-electron chi connectivity index (χ1n) is 7.33. The van der Waals surface area contributed by atoms with Crippen LogP contribution in [0.2, 0.25) is 0 Å². The van der Waals surface area contributed by atoms with Gasteiger partial charge in [0, 0.05) is 36.2 Å². The highest BCUT2D eigenvalue weighted by Crippen LogP contribution is 2.50. The highest BCUT2D eigenvalue weighted by atomic mass is 16.5. The van der Waals surface area contributed by atoms with Crippen molar-refractivity contribution in [3.8, 4) is 5.75 Å². The Morgan fingerprint density at radius 3 is 2.90 bits per heavy atom. The largest absolute Gasteiger partial charge is 0.497 e. The highest BCUT2D eigenvalue weighted by molar-refractivity contribution is 5.59. The second kappa shape index (κ2) is 5.04. The molecule has 2 aliphatic rings. The predicted octanol–water partition coefficient (Wildman–Crippen LogP) is 3.33. The lowest BCUT2D eigenvalue weighted by atomic mass is 9.81. The molecule has 1 fully saturated rings. The zero-order valence-electron chi connectivity index (χ0n) is 12.0. The van der Waals surface area contributed by atoms with Gasteiger partial charge in [0.1, 0.15) is 5.75 Å². The summed E-state index contributed by atoms with van der Waals surface area (Å²) in [6.07, 6.45) is 4.92. The zero-order chi connectivity index (χ0) is 14.2. The Kier molecular flexibility index (Phi) is 3.04. The van der Waals surface area contributed by atoms with Crippen LogP contribution in [0.5, 0.6) is 5.75 Å². The molecule has 1 saturated heterocycles. The van der Waals surface area contributed by atoms with E-state index in [1.54, 1.807) is 7.11 Å². The molecule has 0 amide bonds. The van der Waals surface area contributed by atoms with E-state index in [-0.39, 0.29) is 12.1 Å². The third-order valence-electron chi connectivity index (χ3n) is 4.51. The van der Waals surface area contributed by atoms with E-state index in [0.717, 1.165) is 24.5 Å². The molecule has 3 heterocycles. The monoisotopic (exact) mass is 282 g/mol. The molecule has 1 N–H and O–H groups in total. The predicted molar refractivity (Wildman–Crippen MR) is 80.4 cm³/mol. The molecule has 3 atom stereocenters. The van der Waals surface area contributed by atoms with Gasteiger partial charge in [-0.05, 0) is 42.3 Å². The Bertz CT molecular complexity index is 644. The number of hydrogen-bond acceptors (Lipinski definition) is 4. The van der Waals surface area contributed by atoms with Crippen molar-refractivity contribution in [2.24, 2.45) is 5.92 Å². The number of methoxy groups -OCH3 is 1. The van der Waals surface area contributed by atoms with E-state index in [2.05, 4.69) is 34.6 Å². The number of rotatable bonds is 2. The molecule has 0 radical (unpaired) electrons. The van der Waals surface area contributed by atoms with Crippen molar-refractivity contribution in [2.75, 3.05) is 19.0 Å². The summed E-state index contributed by atoms with van der Waals surface area (Å²) in [7, 11) is 1.70. The van der Waals surface area contributed by atoms with Crippen molar-refractivity contribution >= 4 is 5.69 Å². The molecule has 4 heteroatoms. The van der Waals surface area contributed by atoms with Crippen molar-refractivity contribution < 1.29 is 9.47 Å². The van der Waals surface area contributed by atoms with Gasteiger partial charge in [0.15, 0.2) is 0 Å². The smallest absolute Gasteiger partial charge is 0.119 e. The van der Waals surface area contributed by atoms with Crippen molar-refractivity contribution in [1.82, 2.24) is 4.98 Å². The lowest BCUT2D eigenvalue weighted by Gasteiger charge is -2.36. The third kappa shape index (κ3) is 2.07. The summed E-state index contributed by atoms with van der Waals surface area (Å²) in [6.45, 7) is 0.815. The van der Waals surface area contributed by atoms with E-state index in [4.69, 9.17) is 9.47 Å². The number of anilines is 1. The number of benzene rings is 1. The summed E-state index contributed by atoms with van der Waals surface area (Å²) < 4.78 is 11.4. The van der Waals surface area contributed by atoms with Gasteiger partial charge in [0.25, 0.3) is 0 Å². The maximum atomic E-state index is 6.02. The molecule has 2 aliphatic heterocycles. The second-order valence-electron chi connectivity index (χ2n) is 5.60. The maximum absolute atomic E-state index is 6.02. The molecule has 0 spiro atoms. The number of nitrogens with zero attached hydrogens (tertiary/aromatic N) is 1. The lowest BCUT2D eigenvalue weighted by molar-refractivity contribution is 0.0827. The van der Waals surface area contributed by atoms with Gasteiger partial charge in [-0.3, -0.25) is 4.98 Å². The SMILES string of the molecule is COc1ccc2c(c1)[C@H]1OCC[C@@H]1[C@H](c1ccncc1)N2. The molecular weight excluding hydrogens is 264 g/mol. The fraction of sp³-hybridized carbons (Fsp3) is 0.353. The molecule has 108 valence electrons. The summed E-state index contributed by atoms with van der Waals surface area (Å²) in [5.74, 6) is 1.33. The summed E-state index contributed by atoms with van der Waals surface area (Å²) in [5, 5.41) is 3.67. The van der Waals surface area contributed by atoms with Crippen molar-refractivity contribution in [2.45, 2.75) is 18.6 Å². The summed E-state index contributed by atoms with van der Waals surface area (Å²) >= 11 is 0. The molecule has 1 aromatic carbocycles. The molecule has 4 nitrogen and oxygen atoms in total. The first-order chi connectivity index (χ1) is 10.4. The van der Waals surface area contributed by atoms with Crippen LogP contribution in [-0.2, 0) is 4.74 Å². The van der Waals surface area contributed by atoms with Gasteiger partial charge in [-0.25, -0.2) is 0 Å². The van der Waals surface area contributed by atoms with Crippen LogP contribution in [0.15, 0.2) is 42.7 Å². The van der Waals surface area contributed by atoms with Crippen LogP contribution in [0, 0.1) is 5.92 Å². The fourth-order valence-corrected chi connectivity index (χ4v) is 3.48. The standard InChI is InChI=1S/C17H18N2O2/c1-20-12-2-3-15-14(10-12)17-13(6-9-21-17)16(19-15)11-4-7-18-8-5-11/h2-5,7-8,10,13,16-17,19H,6,9H2,1H3/t13-,16+,17+/m1/s1. The molecule has 0 saturated carbocycles. The normalized spacial score (nSPS) is 26.6. The molecule has 0 unspecified atom stereocenters. The molecule has 2 aromatic rings. The van der Waals surface area contributed by atoms with E-state index in [9.17, 15) is 0 Å². The average Bonchev–Trinajstić information content (AvgIpc) is 3.04. The fourth-order valence-electron chi connectivity index (χ4n) is 3.48. The first kappa shape index (κ1) is 12.7. The van der Waals surface area contributed by atoms with E-state index in [1.807, 2.05) is 18.5 Å². The quantitative estimate of drug-likeness (QED) is 0.917. The summed E-state index contributed by atoms with van der Waals surface area (Å²) in [4.78, 5) is 4.12. The number of fused-ring (bicyclic) bond motifs is 3. The summed E-state index contributed by atoms with van der Waals surface area (Å²) in [6, 6.07) is 10.6. The number of pyridine rings is 1. The van der Waals surface area contributed by atoms with Crippen LogP contribution in [0.25, 0.3) is 0 Å². The van der Waals surface area contributed by atoms with Crippen LogP contribution >= 0.6 is 0 Å². The zero-order valence-corrected chi connectivity index (χ0v) is 12.0. The lowest BCUT2D eigenvalue weighted by Crippen LogP contribution is -2.29. The van der Waals surface area contributed by atoms with Crippen LogP contribution in [0.4, 0.5) is 5.69 Å². The molecule has 4 rings (SSSR count). The molecular formula is C17H18N2O2. The number of ether oxygens (including phenoxy) is 2. The molecule has 21 heavy (non-hydrogen) atoms. The Morgan fingerprint density at radius 2 is 2.10 bits per heavy atom. The van der Waals surface area contributed by atoms with Gasteiger partial charge in [-0.2, -0.15) is 0 Å². The molecule has 1 aromatic heterocycles. The van der Waals surface area contributed by atoms with Crippen LogP contribution in [-0.4, -0.2) is 18.7 Å². The van der Waals surface area contributed by atoms with E-state index >= 15 is 0 Å². The number of hydrogen-bond donors (Lipinski definition) is 1. The van der Waals surface area contributed by atoms with Gasteiger partial charge in [0.2, 0.25) is 0 Å². The third-order valence-corrected chi connectivity index (χ3v) is 4.51. The van der Waals surface area contributed by atoms with E-state index < -0.39 is 0 Å². The number of aromatic nitrogens is 1. The van der Waals surface area contributed by atoms with Gasteiger partial charge in [0.05, 0.1) is 19.3 Å². The Balaban J connectivity index is 1.77. The van der Waals surface area contributed by atoms with Crippen LogP contribution < -0.4 is 10.1 Å². The Morgan fingerprint density at radius 1 is 1.24 bits per heavy atom. The highest BCUT2D eigenvalue weighted by Gasteiger charge is 2.41. The van der Waals surface area contributed by atoms with E-state index in [1.165, 1.54) is 11.1 Å². The van der Waals surface area contributed by atoms with E-state index in [0.29, 0.717) is 5.92 Å². The second-order valence-corrected chi connectivity index (χ2v) is 5.60. The van der Waals surface area contributed by atoms with Gasteiger partial charge in [-0.15, -0.1) is 0 Å². The Labute approximate surface area is 124 Å². The van der Waals surface area contributed by atoms with Crippen molar-refractivity contribution in [3.05, 3.63) is 53.9 Å². The average molecular weight is 282 g/mol. The van der Waals surface area contributed by atoms with Crippen molar-refractivity contribution in [1.29, 1.82) is 0 Å². The van der Waals surface area contributed by atoms with Gasteiger partial charge >= 0.3 is 0 Å². The Hall–Kier alpha value is -2.07. The van der Waals surface area contributed by atoms with Gasteiger partial charge < -0.3 is 14.8 Å². The minimum absolute atomic E-state index is 0.148. The maximum Gasteiger partial charge on any atom is 0.119 e.